The average molecular weight is 172 g/mol. The van der Waals surface area contributed by atoms with Crippen molar-refractivity contribution in [2.75, 3.05) is 13.1 Å². The highest BCUT2D eigenvalue weighted by Gasteiger charge is 2.09. The largest absolute Gasteiger partial charge is 0.481 e. The number of hydrogen-bond donors (Lipinski definition) is 3. The third-order valence-electron chi connectivity index (χ3n) is 1.12. The summed E-state index contributed by atoms with van der Waals surface area (Å²) < 4.78 is 0. The van der Waals surface area contributed by atoms with Gasteiger partial charge in [-0.15, -0.1) is 0 Å². The van der Waals surface area contributed by atoms with Gasteiger partial charge in [-0.2, -0.15) is 0 Å². The molecule has 0 saturated carbocycles. The number of aliphatic carboxylic acids is 1. The van der Waals surface area contributed by atoms with E-state index < -0.39 is 11.9 Å². The molecule has 0 aliphatic rings. The highest BCUT2D eigenvalue weighted by atomic mass is 16.4. The van der Waals surface area contributed by atoms with Crippen LogP contribution in [-0.4, -0.2) is 30.1 Å². The summed E-state index contributed by atoms with van der Waals surface area (Å²) >= 11 is 0. The molecule has 0 bridgehead atoms. The van der Waals surface area contributed by atoms with E-state index in [9.17, 15) is 9.59 Å². The van der Waals surface area contributed by atoms with Gasteiger partial charge in [0.25, 0.3) is 0 Å². The molecular formula is C7H12N2O3. The van der Waals surface area contributed by atoms with Crippen LogP contribution in [0.5, 0.6) is 0 Å². The average Bonchev–Trinajstić information content (AvgIpc) is 1.98. The van der Waals surface area contributed by atoms with E-state index in [1.54, 1.807) is 0 Å². The number of nitrogens with two attached hydrogens (primary N) is 1. The first kappa shape index (κ1) is 10.6. The fraction of sp³-hybridized carbons (Fsp3) is 0.429. The van der Waals surface area contributed by atoms with E-state index >= 15 is 0 Å². The molecule has 0 aromatic carbocycles. The Labute approximate surface area is 70.2 Å². The third kappa shape index (κ3) is 4.45. The molecule has 5 heteroatoms. The Balaban J connectivity index is 3.77. The van der Waals surface area contributed by atoms with Crippen molar-refractivity contribution in [3.05, 3.63) is 12.2 Å². The molecule has 12 heavy (non-hydrogen) atoms. The first-order valence-corrected chi connectivity index (χ1v) is 3.45. The van der Waals surface area contributed by atoms with Gasteiger partial charge < -0.3 is 16.2 Å². The number of carbonyl (C=O) groups excluding carboxylic acids is 1. The van der Waals surface area contributed by atoms with Gasteiger partial charge in [-0.25, -0.2) is 0 Å². The van der Waals surface area contributed by atoms with Crippen LogP contribution >= 0.6 is 0 Å². The molecule has 0 rings (SSSR count). The summed E-state index contributed by atoms with van der Waals surface area (Å²) in [6.45, 7) is 3.97. The Bertz CT molecular complexity index is 201. The number of nitrogens with one attached hydrogen (secondary N) is 1. The van der Waals surface area contributed by atoms with Crippen LogP contribution in [0.15, 0.2) is 12.2 Å². The second-order valence-electron chi connectivity index (χ2n) is 2.22. The third-order valence-corrected chi connectivity index (χ3v) is 1.12. The van der Waals surface area contributed by atoms with Gasteiger partial charge in [0.05, 0.1) is 6.42 Å². The zero-order valence-electron chi connectivity index (χ0n) is 6.67. The van der Waals surface area contributed by atoms with Gasteiger partial charge in [0.2, 0.25) is 5.91 Å². The molecule has 0 aliphatic heterocycles. The monoisotopic (exact) mass is 172 g/mol. The fourth-order valence-corrected chi connectivity index (χ4v) is 0.574. The predicted molar refractivity (Wildman–Crippen MR) is 43.5 cm³/mol. The minimum atomic E-state index is -1.07. The van der Waals surface area contributed by atoms with Crippen molar-refractivity contribution < 1.29 is 14.7 Å². The van der Waals surface area contributed by atoms with Crippen LogP contribution < -0.4 is 11.1 Å². The van der Waals surface area contributed by atoms with Crippen molar-refractivity contribution in [1.82, 2.24) is 5.32 Å². The van der Waals surface area contributed by atoms with Gasteiger partial charge in [0.15, 0.2) is 0 Å². The number of hydrogen-bond acceptors (Lipinski definition) is 3. The van der Waals surface area contributed by atoms with E-state index in [1.807, 2.05) is 0 Å². The van der Waals surface area contributed by atoms with Gasteiger partial charge in [0, 0.05) is 18.7 Å². The minimum Gasteiger partial charge on any atom is -0.481 e. The predicted octanol–water partition coefficient (Wildman–Crippen LogP) is -0.908. The van der Waals surface area contributed by atoms with Crippen LogP contribution in [0.1, 0.15) is 6.42 Å². The molecular weight excluding hydrogens is 160 g/mol. The van der Waals surface area contributed by atoms with Gasteiger partial charge in [-0.05, 0) is 0 Å². The molecule has 1 amide bonds. The van der Waals surface area contributed by atoms with Gasteiger partial charge in [0.1, 0.15) is 0 Å². The minimum absolute atomic E-state index is 0.0379. The highest BCUT2D eigenvalue weighted by molar-refractivity contribution is 5.96. The van der Waals surface area contributed by atoms with E-state index in [2.05, 4.69) is 11.9 Å². The molecule has 0 unspecified atom stereocenters. The summed E-state index contributed by atoms with van der Waals surface area (Å²) in [5.74, 6) is -1.52. The van der Waals surface area contributed by atoms with Crippen LogP contribution in [-0.2, 0) is 9.59 Å². The summed E-state index contributed by atoms with van der Waals surface area (Å²) in [5.41, 5.74) is 5.16. The summed E-state index contributed by atoms with van der Waals surface area (Å²) in [6, 6.07) is 0. The van der Waals surface area contributed by atoms with Crippen LogP contribution in [0.4, 0.5) is 0 Å². The van der Waals surface area contributed by atoms with Crippen molar-refractivity contribution >= 4 is 11.9 Å². The van der Waals surface area contributed by atoms with E-state index in [4.69, 9.17) is 10.8 Å². The maximum atomic E-state index is 10.9. The number of rotatable bonds is 5. The molecule has 5 nitrogen and oxygen atoms in total. The molecule has 0 heterocycles. The second kappa shape index (κ2) is 5.31. The lowest BCUT2D eigenvalue weighted by atomic mass is 10.2. The lowest BCUT2D eigenvalue weighted by Crippen LogP contribution is -2.30. The molecule has 0 saturated heterocycles. The Morgan fingerprint density at radius 1 is 1.50 bits per heavy atom. The molecule has 0 radical (unpaired) electrons. The maximum Gasteiger partial charge on any atom is 0.308 e. The molecule has 0 spiro atoms. The zero-order chi connectivity index (χ0) is 9.56. The summed E-state index contributed by atoms with van der Waals surface area (Å²) in [6.07, 6.45) is -0.337. The van der Waals surface area contributed by atoms with Crippen molar-refractivity contribution in [1.29, 1.82) is 0 Å². The van der Waals surface area contributed by atoms with Crippen LogP contribution in [0.2, 0.25) is 0 Å². The van der Waals surface area contributed by atoms with Gasteiger partial charge in [-0.1, -0.05) is 6.58 Å². The standard InChI is InChI=1S/C7H12N2O3/c1-5(4-6(10)11)7(12)9-3-2-8/h1-4,8H2,(H,9,12)(H,10,11). The Hall–Kier alpha value is -1.36. The molecule has 0 fully saturated rings. The quantitative estimate of drug-likeness (QED) is 0.468. The first-order chi connectivity index (χ1) is 5.57. The summed E-state index contributed by atoms with van der Waals surface area (Å²) in [4.78, 5) is 21.0. The van der Waals surface area contributed by atoms with Crippen LogP contribution in [0, 0.1) is 0 Å². The van der Waals surface area contributed by atoms with E-state index in [0.717, 1.165) is 0 Å². The smallest absolute Gasteiger partial charge is 0.308 e. The first-order valence-electron chi connectivity index (χ1n) is 3.45. The lowest BCUT2D eigenvalue weighted by Gasteiger charge is -2.03. The SMILES string of the molecule is C=C(CC(=O)O)C(=O)NCCN. The molecule has 4 N–H and O–H groups in total. The second-order valence-corrected chi connectivity index (χ2v) is 2.22. The summed E-state index contributed by atoms with van der Waals surface area (Å²) in [5, 5.41) is 10.7. The van der Waals surface area contributed by atoms with Crippen LogP contribution in [0.3, 0.4) is 0 Å². The zero-order valence-corrected chi connectivity index (χ0v) is 6.67. The Kier molecular flexibility index (Phi) is 4.71. The van der Waals surface area contributed by atoms with Crippen molar-refractivity contribution in [2.24, 2.45) is 5.73 Å². The number of carboxylic acid groups (broad SMARTS) is 1. The maximum absolute atomic E-state index is 10.9. The lowest BCUT2D eigenvalue weighted by molar-refractivity contribution is -0.137. The van der Waals surface area contributed by atoms with Gasteiger partial charge >= 0.3 is 5.97 Å². The highest BCUT2D eigenvalue weighted by Crippen LogP contribution is 1.96. The molecule has 0 aliphatic carbocycles. The number of carbonyl (C=O) groups is 2. The normalized spacial score (nSPS) is 9.08. The van der Waals surface area contributed by atoms with E-state index in [-0.39, 0.29) is 12.0 Å². The molecule has 0 aromatic rings. The number of amides is 1. The Morgan fingerprint density at radius 2 is 2.08 bits per heavy atom. The van der Waals surface area contributed by atoms with Crippen LogP contribution in [0.25, 0.3) is 0 Å². The van der Waals surface area contributed by atoms with Crippen molar-refractivity contribution in [2.45, 2.75) is 6.42 Å². The number of carboxylic acids is 1. The van der Waals surface area contributed by atoms with Gasteiger partial charge in [-0.3, -0.25) is 9.59 Å². The topological polar surface area (TPSA) is 92.4 Å². The van der Waals surface area contributed by atoms with Crippen molar-refractivity contribution in [3.63, 3.8) is 0 Å². The molecule has 68 valence electrons. The van der Waals surface area contributed by atoms with E-state index in [1.165, 1.54) is 0 Å². The van der Waals surface area contributed by atoms with Crippen molar-refractivity contribution in [3.8, 4) is 0 Å². The molecule has 0 aromatic heterocycles. The Morgan fingerprint density at radius 3 is 2.50 bits per heavy atom. The summed E-state index contributed by atoms with van der Waals surface area (Å²) in [7, 11) is 0. The van der Waals surface area contributed by atoms with E-state index in [0.29, 0.717) is 13.1 Å². The fourth-order valence-electron chi connectivity index (χ4n) is 0.574. The molecule has 0 atom stereocenters.